The normalized spacial score (nSPS) is 17.1. The van der Waals surface area contributed by atoms with Crippen LogP contribution in [0, 0.1) is 0 Å². The van der Waals surface area contributed by atoms with Gasteiger partial charge in [-0.15, -0.1) is 10.2 Å². The van der Waals surface area contributed by atoms with Crippen molar-refractivity contribution < 1.29 is 14.3 Å². The smallest absolute Gasteiger partial charge is 0.230 e. The monoisotopic (exact) mass is 495 g/mol. The summed E-state index contributed by atoms with van der Waals surface area (Å²) in [5.41, 5.74) is 6.31. The summed E-state index contributed by atoms with van der Waals surface area (Å²) in [4.78, 5) is 23.6. The molecule has 10 heteroatoms. The second-order valence-electron chi connectivity index (χ2n) is 7.24. The SMILES string of the molecule is CC(NC(=O)CSc1nnc(CCC(N)=O)n1CC1CCCO1)c1ccc(Br)cc1. The fraction of sp³-hybridized carbons (Fsp3) is 0.500. The van der Waals surface area contributed by atoms with Crippen molar-refractivity contribution in [1.82, 2.24) is 20.1 Å². The number of nitrogens with two attached hydrogens (primary N) is 1. The summed E-state index contributed by atoms with van der Waals surface area (Å²) in [7, 11) is 0. The van der Waals surface area contributed by atoms with Crippen molar-refractivity contribution in [2.45, 2.75) is 56.5 Å². The van der Waals surface area contributed by atoms with E-state index in [1.54, 1.807) is 0 Å². The topological polar surface area (TPSA) is 112 Å². The third kappa shape index (κ3) is 6.55. The second-order valence-corrected chi connectivity index (χ2v) is 9.10. The van der Waals surface area contributed by atoms with Crippen molar-refractivity contribution in [3.63, 3.8) is 0 Å². The summed E-state index contributed by atoms with van der Waals surface area (Å²) >= 11 is 4.75. The molecule has 1 fully saturated rings. The minimum atomic E-state index is -0.378. The Morgan fingerprint density at radius 2 is 2.13 bits per heavy atom. The van der Waals surface area contributed by atoms with Gasteiger partial charge in [-0.2, -0.15) is 0 Å². The molecule has 2 atom stereocenters. The number of nitrogens with one attached hydrogen (secondary N) is 1. The van der Waals surface area contributed by atoms with Crippen molar-refractivity contribution in [1.29, 1.82) is 0 Å². The molecule has 2 unspecified atom stereocenters. The Kier molecular flexibility index (Phi) is 8.29. The van der Waals surface area contributed by atoms with Gasteiger partial charge >= 0.3 is 0 Å². The molecular weight excluding hydrogens is 470 g/mol. The van der Waals surface area contributed by atoms with E-state index in [0.29, 0.717) is 23.9 Å². The van der Waals surface area contributed by atoms with E-state index in [1.165, 1.54) is 11.8 Å². The fourth-order valence-corrected chi connectivity index (χ4v) is 4.31. The molecule has 1 aliphatic rings. The van der Waals surface area contributed by atoms with Crippen LogP contribution >= 0.6 is 27.7 Å². The van der Waals surface area contributed by atoms with Crippen molar-refractivity contribution in [3.8, 4) is 0 Å². The third-order valence-corrected chi connectivity index (χ3v) is 6.37. The van der Waals surface area contributed by atoms with Gasteiger partial charge in [0.25, 0.3) is 0 Å². The quantitative estimate of drug-likeness (QED) is 0.489. The zero-order valence-corrected chi connectivity index (χ0v) is 19.2. The van der Waals surface area contributed by atoms with E-state index in [2.05, 4.69) is 31.4 Å². The molecule has 30 heavy (non-hydrogen) atoms. The van der Waals surface area contributed by atoms with E-state index in [0.717, 1.165) is 29.5 Å². The highest BCUT2D eigenvalue weighted by atomic mass is 79.9. The number of benzene rings is 1. The van der Waals surface area contributed by atoms with Crippen molar-refractivity contribution in [2.24, 2.45) is 5.73 Å². The number of primary amides is 1. The van der Waals surface area contributed by atoms with E-state index in [9.17, 15) is 9.59 Å². The Morgan fingerprint density at radius 3 is 2.80 bits per heavy atom. The molecule has 0 radical (unpaired) electrons. The highest BCUT2D eigenvalue weighted by molar-refractivity contribution is 9.10. The van der Waals surface area contributed by atoms with Crippen LogP contribution in [0.15, 0.2) is 33.9 Å². The molecule has 3 rings (SSSR count). The van der Waals surface area contributed by atoms with Crippen LogP contribution in [-0.4, -0.2) is 45.0 Å². The molecule has 2 amide bonds. The molecule has 0 bridgehead atoms. The largest absolute Gasteiger partial charge is 0.376 e. The van der Waals surface area contributed by atoms with Gasteiger partial charge in [-0.1, -0.05) is 39.8 Å². The molecule has 2 heterocycles. The van der Waals surface area contributed by atoms with E-state index >= 15 is 0 Å². The molecule has 1 aromatic carbocycles. The van der Waals surface area contributed by atoms with Crippen molar-refractivity contribution in [3.05, 3.63) is 40.1 Å². The minimum Gasteiger partial charge on any atom is -0.376 e. The summed E-state index contributed by atoms with van der Waals surface area (Å²) in [6.07, 6.45) is 2.73. The zero-order chi connectivity index (χ0) is 21.5. The predicted octanol–water partition coefficient (Wildman–Crippen LogP) is 2.61. The highest BCUT2D eigenvalue weighted by Crippen LogP contribution is 2.22. The lowest BCUT2D eigenvalue weighted by Gasteiger charge is -2.16. The maximum absolute atomic E-state index is 12.5. The van der Waals surface area contributed by atoms with Gasteiger partial charge in [-0.3, -0.25) is 9.59 Å². The van der Waals surface area contributed by atoms with Gasteiger partial charge in [0.15, 0.2) is 5.16 Å². The van der Waals surface area contributed by atoms with Crippen LogP contribution in [0.4, 0.5) is 0 Å². The molecule has 2 aromatic rings. The fourth-order valence-electron chi connectivity index (χ4n) is 3.27. The number of hydrogen-bond acceptors (Lipinski definition) is 6. The van der Waals surface area contributed by atoms with Crippen molar-refractivity contribution >= 4 is 39.5 Å². The molecule has 0 spiro atoms. The van der Waals surface area contributed by atoms with Crippen LogP contribution in [-0.2, 0) is 27.3 Å². The predicted molar refractivity (Wildman–Crippen MR) is 118 cm³/mol. The van der Waals surface area contributed by atoms with E-state index in [4.69, 9.17) is 10.5 Å². The number of carbonyl (C=O) groups is 2. The summed E-state index contributed by atoms with van der Waals surface area (Å²) < 4.78 is 8.69. The van der Waals surface area contributed by atoms with Gasteiger partial charge in [0.05, 0.1) is 24.4 Å². The zero-order valence-electron chi connectivity index (χ0n) is 16.8. The van der Waals surface area contributed by atoms with Crippen LogP contribution in [0.2, 0.25) is 0 Å². The Bertz CT molecular complexity index is 868. The summed E-state index contributed by atoms with van der Waals surface area (Å²) in [6.45, 7) is 3.32. The Labute approximate surface area is 188 Å². The van der Waals surface area contributed by atoms with Crippen LogP contribution in [0.3, 0.4) is 0 Å². The summed E-state index contributed by atoms with van der Waals surface area (Å²) in [5, 5.41) is 12.1. The van der Waals surface area contributed by atoms with E-state index < -0.39 is 0 Å². The van der Waals surface area contributed by atoms with Gasteiger partial charge < -0.3 is 20.4 Å². The van der Waals surface area contributed by atoms with E-state index in [1.807, 2.05) is 35.8 Å². The lowest BCUT2D eigenvalue weighted by molar-refractivity contribution is -0.119. The number of nitrogens with zero attached hydrogens (tertiary/aromatic N) is 3. The minimum absolute atomic E-state index is 0.0826. The Morgan fingerprint density at radius 1 is 1.37 bits per heavy atom. The van der Waals surface area contributed by atoms with Gasteiger partial charge in [0.1, 0.15) is 5.82 Å². The average molecular weight is 496 g/mol. The summed E-state index contributed by atoms with van der Waals surface area (Å²) in [5.74, 6) is 0.453. The molecule has 8 nitrogen and oxygen atoms in total. The Balaban J connectivity index is 1.60. The number of rotatable bonds is 10. The first kappa shape index (κ1) is 22.8. The lowest BCUT2D eigenvalue weighted by Crippen LogP contribution is -2.28. The maximum atomic E-state index is 12.5. The highest BCUT2D eigenvalue weighted by Gasteiger charge is 2.22. The van der Waals surface area contributed by atoms with Crippen LogP contribution < -0.4 is 11.1 Å². The molecule has 1 aliphatic heterocycles. The van der Waals surface area contributed by atoms with E-state index in [-0.39, 0.29) is 36.1 Å². The molecule has 1 aromatic heterocycles. The van der Waals surface area contributed by atoms with Crippen LogP contribution in [0.5, 0.6) is 0 Å². The van der Waals surface area contributed by atoms with Crippen molar-refractivity contribution in [2.75, 3.05) is 12.4 Å². The first-order valence-electron chi connectivity index (χ1n) is 9.92. The van der Waals surface area contributed by atoms with Gasteiger partial charge in [0.2, 0.25) is 11.8 Å². The number of amides is 2. The number of aromatic nitrogens is 3. The molecule has 162 valence electrons. The van der Waals surface area contributed by atoms with Gasteiger partial charge in [0, 0.05) is 23.9 Å². The molecule has 1 saturated heterocycles. The number of thioether (sulfide) groups is 1. The standard InChI is InChI=1S/C20H26BrN5O3S/c1-13(14-4-6-15(21)7-5-14)23-19(28)12-30-20-25-24-18(9-8-17(22)27)26(20)11-16-3-2-10-29-16/h4-7,13,16H,2-3,8-12H2,1H3,(H2,22,27)(H,23,28). The van der Waals surface area contributed by atoms with Gasteiger partial charge in [-0.05, 0) is 37.5 Å². The molecule has 0 aliphatic carbocycles. The molecule has 0 saturated carbocycles. The average Bonchev–Trinajstić information content (AvgIpc) is 3.35. The number of halogens is 1. The summed E-state index contributed by atoms with van der Waals surface area (Å²) in [6, 6.07) is 7.76. The lowest BCUT2D eigenvalue weighted by atomic mass is 10.1. The first-order valence-corrected chi connectivity index (χ1v) is 11.7. The number of aryl methyl sites for hydroxylation is 1. The van der Waals surface area contributed by atoms with Gasteiger partial charge in [-0.25, -0.2) is 0 Å². The Hall–Kier alpha value is -1.91. The molecular formula is C20H26BrN5O3S. The molecule has 3 N–H and O–H groups in total. The van der Waals surface area contributed by atoms with Crippen LogP contribution in [0.25, 0.3) is 0 Å². The number of hydrogen-bond donors (Lipinski definition) is 2. The maximum Gasteiger partial charge on any atom is 0.230 e. The third-order valence-electron chi connectivity index (χ3n) is 4.88. The number of ether oxygens (including phenoxy) is 1. The number of carbonyl (C=O) groups excluding carboxylic acids is 2. The van der Waals surface area contributed by atoms with Crippen LogP contribution in [0.1, 0.15) is 43.6 Å². The first-order chi connectivity index (χ1) is 14.4. The second kappa shape index (κ2) is 10.9.